The number of ketones is 1. The van der Waals surface area contributed by atoms with Crippen molar-refractivity contribution in [3.8, 4) is 0 Å². The zero-order valence-corrected chi connectivity index (χ0v) is 14.1. The van der Waals surface area contributed by atoms with Gasteiger partial charge in [0, 0.05) is 15.7 Å². The van der Waals surface area contributed by atoms with Crippen LogP contribution in [-0.2, 0) is 0 Å². The Morgan fingerprint density at radius 1 is 1.13 bits per heavy atom. The van der Waals surface area contributed by atoms with Gasteiger partial charge in [0.15, 0.2) is 5.13 Å². The summed E-state index contributed by atoms with van der Waals surface area (Å²) < 4.78 is 13.8. The van der Waals surface area contributed by atoms with Crippen molar-refractivity contribution >= 4 is 49.7 Å². The maximum atomic E-state index is 12.9. The third kappa shape index (κ3) is 3.57. The van der Waals surface area contributed by atoms with E-state index in [1.807, 2.05) is 0 Å². The van der Waals surface area contributed by atoms with Gasteiger partial charge in [-0.25, -0.2) is 9.37 Å². The van der Waals surface area contributed by atoms with E-state index in [9.17, 15) is 9.18 Å². The van der Waals surface area contributed by atoms with Crippen LogP contribution >= 0.6 is 27.3 Å². The second kappa shape index (κ2) is 6.47. The molecule has 3 N–H and O–H groups in total. The number of nitrogens with zero attached hydrogens (tertiary/aromatic N) is 1. The van der Waals surface area contributed by atoms with Crippen LogP contribution in [0.3, 0.4) is 0 Å². The molecule has 0 bridgehead atoms. The van der Waals surface area contributed by atoms with E-state index < -0.39 is 0 Å². The summed E-state index contributed by atoms with van der Waals surface area (Å²) in [7, 11) is 0. The number of thiazole rings is 1. The number of hydrogen-bond acceptors (Lipinski definition) is 5. The predicted molar refractivity (Wildman–Crippen MR) is 93.8 cm³/mol. The Hall–Kier alpha value is -2.25. The van der Waals surface area contributed by atoms with Gasteiger partial charge in [0.05, 0.1) is 0 Å². The molecule has 3 aromatic rings. The standard InChI is InChI=1S/C16H11BrFN3OS/c17-10-3-1-9(2-4-10)13(22)14-15(19)21-16(23-14)20-12-7-5-11(18)6-8-12/h1-8H,19H2,(H,20,21). The van der Waals surface area contributed by atoms with Crippen LogP contribution in [0.4, 0.5) is 21.0 Å². The highest BCUT2D eigenvalue weighted by molar-refractivity contribution is 9.10. The molecule has 0 amide bonds. The zero-order chi connectivity index (χ0) is 16.4. The summed E-state index contributed by atoms with van der Waals surface area (Å²) in [5, 5.41) is 3.49. The molecular weight excluding hydrogens is 381 g/mol. The fourth-order valence-electron chi connectivity index (χ4n) is 1.94. The number of halogens is 2. The Balaban J connectivity index is 1.84. The van der Waals surface area contributed by atoms with Crippen LogP contribution in [0.5, 0.6) is 0 Å². The van der Waals surface area contributed by atoms with Crippen molar-refractivity contribution in [2.24, 2.45) is 0 Å². The number of anilines is 3. The Labute approximate surface area is 144 Å². The Morgan fingerprint density at radius 3 is 2.43 bits per heavy atom. The molecule has 0 radical (unpaired) electrons. The summed E-state index contributed by atoms with van der Waals surface area (Å²) >= 11 is 4.49. The van der Waals surface area contributed by atoms with Crippen LogP contribution in [0.25, 0.3) is 0 Å². The lowest BCUT2D eigenvalue weighted by Gasteiger charge is -2.01. The molecule has 0 fully saturated rings. The van der Waals surface area contributed by atoms with E-state index in [1.54, 1.807) is 36.4 Å². The first-order chi connectivity index (χ1) is 11.0. The molecule has 1 aromatic heterocycles. The number of hydrogen-bond donors (Lipinski definition) is 2. The number of benzene rings is 2. The third-order valence-electron chi connectivity index (χ3n) is 3.06. The summed E-state index contributed by atoms with van der Waals surface area (Å²) in [6, 6.07) is 12.9. The molecule has 4 nitrogen and oxygen atoms in total. The van der Waals surface area contributed by atoms with Crippen molar-refractivity contribution in [2.75, 3.05) is 11.1 Å². The van der Waals surface area contributed by atoms with Crippen LogP contribution in [0.2, 0.25) is 0 Å². The summed E-state index contributed by atoms with van der Waals surface area (Å²) in [6.45, 7) is 0. The van der Waals surface area contributed by atoms with Crippen molar-refractivity contribution in [2.45, 2.75) is 0 Å². The Bertz CT molecular complexity index is 847. The summed E-state index contributed by atoms with van der Waals surface area (Å²) in [6.07, 6.45) is 0. The maximum absolute atomic E-state index is 12.9. The van der Waals surface area contributed by atoms with E-state index in [1.165, 1.54) is 12.1 Å². The van der Waals surface area contributed by atoms with Crippen LogP contribution in [0.15, 0.2) is 53.0 Å². The molecule has 0 aliphatic rings. The van der Waals surface area contributed by atoms with Crippen molar-refractivity contribution in [1.29, 1.82) is 0 Å². The zero-order valence-electron chi connectivity index (χ0n) is 11.7. The minimum atomic E-state index is -0.319. The topological polar surface area (TPSA) is 68.0 Å². The number of nitrogens with one attached hydrogen (secondary N) is 1. The quantitative estimate of drug-likeness (QED) is 0.637. The molecule has 0 aliphatic carbocycles. The van der Waals surface area contributed by atoms with Gasteiger partial charge in [-0.15, -0.1) is 0 Å². The second-order valence-electron chi connectivity index (χ2n) is 4.70. The van der Waals surface area contributed by atoms with E-state index in [4.69, 9.17) is 5.73 Å². The first-order valence-electron chi connectivity index (χ1n) is 6.62. The molecule has 3 rings (SSSR count). The molecule has 1 heterocycles. The number of carbonyl (C=O) groups excluding carboxylic acids is 1. The summed E-state index contributed by atoms with van der Waals surface area (Å²) in [4.78, 5) is 17.0. The average Bonchev–Trinajstić information content (AvgIpc) is 2.90. The molecule has 23 heavy (non-hydrogen) atoms. The fraction of sp³-hybridized carbons (Fsp3) is 0. The molecule has 116 valence electrons. The van der Waals surface area contributed by atoms with Crippen LogP contribution in [-0.4, -0.2) is 10.8 Å². The van der Waals surface area contributed by atoms with Gasteiger partial charge in [-0.05, 0) is 48.5 Å². The van der Waals surface area contributed by atoms with Crippen LogP contribution < -0.4 is 11.1 Å². The predicted octanol–water partition coefficient (Wildman–Crippen LogP) is 4.60. The molecule has 0 saturated heterocycles. The van der Waals surface area contributed by atoms with E-state index in [0.717, 1.165) is 15.8 Å². The van der Waals surface area contributed by atoms with E-state index in [-0.39, 0.29) is 17.4 Å². The summed E-state index contributed by atoms with van der Waals surface area (Å²) in [5.74, 6) is -0.326. The number of nitrogens with two attached hydrogens (primary N) is 1. The molecule has 0 unspecified atom stereocenters. The number of rotatable bonds is 4. The normalized spacial score (nSPS) is 10.5. The van der Waals surface area contributed by atoms with E-state index in [2.05, 4.69) is 26.2 Å². The molecule has 2 aromatic carbocycles. The van der Waals surface area contributed by atoms with Crippen LogP contribution in [0.1, 0.15) is 15.2 Å². The molecule has 0 aliphatic heterocycles. The fourth-order valence-corrected chi connectivity index (χ4v) is 3.07. The molecule has 0 spiro atoms. The highest BCUT2D eigenvalue weighted by Gasteiger charge is 2.18. The van der Waals surface area contributed by atoms with Gasteiger partial charge in [0.25, 0.3) is 0 Å². The smallest absolute Gasteiger partial charge is 0.206 e. The van der Waals surface area contributed by atoms with Crippen LogP contribution in [0, 0.1) is 5.82 Å². The van der Waals surface area contributed by atoms with Gasteiger partial charge >= 0.3 is 0 Å². The number of nitrogen functional groups attached to an aromatic ring is 1. The largest absolute Gasteiger partial charge is 0.382 e. The number of carbonyl (C=O) groups is 1. The van der Waals surface area contributed by atoms with E-state index in [0.29, 0.717) is 21.3 Å². The molecule has 0 atom stereocenters. The lowest BCUT2D eigenvalue weighted by atomic mass is 10.1. The van der Waals surface area contributed by atoms with Gasteiger partial charge in [-0.1, -0.05) is 27.3 Å². The first-order valence-corrected chi connectivity index (χ1v) is 8.23. The summed E-state index contributed by atoms with van der Waals surface area (Å²) in [5.41, 5.74) is 7.06. The van der Waals surface area contributed by atoms with Gasteiger partial charge in [-0.2, -0.15) is 0 Å². The maximum Gasteiger partial charge on any atom is 0.206 e. The van der Waals surface area contributed by atoms with Crippen molar-refractivity contribution < 1.29 is 9.18 Å². The first kappa shape index (κ1) is 15.6. The highest BCUT2D eigenvalue weighted by atomic mass is 79.9. The molecule has 0 saturated carbocycles. The average molecular weight is 392 g/mol. The van der Waals surface area contributed by atoms with E-state index >= 15 is 0 Å². The van der Waals surface area contributed by atoms with Gasteiger partial charge in [-0.3, -0.25) is 4.79 Å². The number of aromatic nitrogens is 1. The van der Waals surface area contributed by atoms with Crippen molar-refractivity contribution in [1.82, 2.24) is 4.98 Å². The van der Waals surface area contributed by atoms with Crippen molar-refractivity contribution in [3.63, 3.8) is 0 Å². The second-order valence-corrected chi connectivity index (χ2v) is 6.62. The minimum Gasteiger partial charge on any atom is -0.382 e. The Morgan fingerprint density at radius 2 is 1.78 bits per heavy atom. The van der Waals surface area contributed by atoms with Gasteiger partial charge in [0.1, 0.15) is 16.5 Å². The minimum absolute atomic E-state index is 0.174. The monoisotopic (exact) mass is 391 g/mol. The lowest BCUT2D eigenvalue weighted by Crippen LogP contribution is -2.02. The third-order valence-corrected chi connectivity index (χ3v) is 4.58. The van der Waals surface area contributed by atoms with Crippen molar-refractivity contribution in [3.05, 3.63) is 69.3 Å². The van der Waals surface area contributed by atoms with Gasteiger partial charge in [0.2, 0.25) is 5.78 Å². The Kier molecular flexibility index (Phi) is 4.40. The molecular formula is C16H11BrFN3OS. The highest BCUT2D eigenvalue weighted by Crippen LogP contribution is 2.30. The SMILES string of the molecule is Nc1nc(Nc2ccc(F)cc2)sc1C(=O)c1ccc(Br)cc1. The molecule has 7 heteroatoms. The lowest BCUT2D eigenvalue weighted by molar-refractivity contribution is 0.104. The van der Waals surface area contributed by atoms with Gasteiger partial charge < -0.3 is 11.1 Å².